The second-order valence-electron chi connectivity index (χ2n) is 6.68. The van der Waals surface area contributed by atoms with Gasteiger partial charge in [-0.05, 0) is 38.5 Å². The summed E-state index contributed by atoms with van der Waals surface area (Å²) in [6.45, 7) is 8.27. The van der Waals surface area contributed by atoms with Crippen molar-refractivity contribution < 1.29 is 9.53 Å². The SMILES string of the molecule is Cc1c(C#N)c(NC(=O)CN2CCOC(C)C2)n(-c2ccccc2)c1C. The van der Waals surface area contributed by atoms with Gasteiger partial charge in [-0.25, -0.2) is 0 Å². The molecule has 1 N–H and O–H groups in total. The zero-order valence-electron chi connectivity index (χ0n) is 15.5. The summed E-state index contributed by atoms with van der Waals surface area (Å²) in [5.41, 5.74) is 3.26. The zero-order valence-corrected chi connectivity index (χ0v) is 15.5. The Balaban J connectivity index is 1.88. The molecule has 1 saturated heterocycles. The molecule has 1 aromatic carbocycles. The van der Waals surface area contributed by atoms with Crippen LogP contribution in [0.25, 0.3) is 5.69 Å². The standard InChI is InChI=1S/C20H24N4O2/c1-14-12-23(9-10-26-14)13-19(25)22-20-18(11-21)15(2)16(3)24(20)17-7-5-4-6-8-17/h4-8,14H,9-10,12-13H2,1-3H3,(H,22,25). The Labute approximate surface area is 154 Å². The van der Waals surface area contributed by atoms with E-state index < -0.39 is 0 Å². The van der Waals surface area contributed by atoms with Gasteiger partial charge in [0.25, 0.3) is 0 Å². The number of benzene rings is 1. The third kappa shape index (κ3) is 3.64. The first-order valence-corrected chi connectivity index (χ1v) is 8.82. The smallest absolute Gasteiger partial charge is 0.239 e. The lowest BCUT2D eigenvalue weighted by atomic mass is 10.2. The van der Waals surface area contributed by atoms with Crippen molar-refractivity contribution in [2.75, 3.05) is 31.6 Å². The van der Waals surface area contributed by atoms with Crippen LogP contribution in [0.15, 0.2) is 30.3 Å². The number of hydrogen-bond donors (Lipinski definition) is 1. The van der Waals surface area contributed by atoms with Gasteiger partial charge in [0, 0.05) is 24.5 Å². The summed E-state index contributed by atoms with van der Waals surface area (Å²) in [5.74, 6) is 0.422. The summed E-state index contributed by atoms with van der Waals surface area (Å²) >= 11 is 0. The van der Waals surface area contributed by atoms with Crippen LogP contribution in [0.1, 0.15) is 23.7 Å². The van der Waals surface area contributed by atoms with Gasteiger partial charge in [0.1, 0.15) is 11.9 Å². The van der Waals surface area contributed by atoms with Gasteiger partial charge in [0.05, 0.1) is 24.8 Å². The monoisotopic (exact) mass is 352 g/mol. The topological polar surface area (TPSA) is 70.3 Å². The molecule has 0 radical (unpaired) electrons. The van der Waals surface area contributed by atoms with Crippen LogP contribution in [0.4, 0.5) is 5.82 Å². The number of para-hydroxylation sites is 1. The molecule has 0 saturated carbocycles. The first-order chi connectivity index (χ1) is 12.5. The van der Waals surface area contributed by atoms with Crippen LogP contribution < -0.4 is 5.32 Å². The van der Waals surface area contributed by atoms with Crippen molar-refractivity contribution in [1.82, 2.24) is 9.47 Å². The lowest BCUT2D eigenvalue weighted by Gasteiger charge is -2.30. The largest absolute Gasteiger partial charge is 0.376 e. The molecular weight excluding hydrogens is 328 g/mol. The third-order valence-corrected chi connectivity index (χ3v) is 4.79. The molecule has 1 unspecified atom stereocenters. The Morgan fingerprint density at radius 2 is 2.08 bits per heavy atom. The number of anilines is 1. The number of nitriles is 1. The molecule has 0 spiro atoms. The maximum atomic E-state index is 12.6. The van der Waals surface area contributed by atoms with Crippen molar-refractivity contribution in [2.45, 2.75) is 26.9 Å². The molecule has 3 rings (SSSR count). The van der Waals surface area contributed by atoms with E-state index >= 15 is 0 Å². The number of carbonyl (C=O) groups excluding carboxylic acids is 1. The van der Waals surface area contributed by atoms with Crippen molar-refractivity contribution in [3.05, 3.63) is 47.2 Å². The van der Waals surface area contributed by atoms with Gasteiger partial charge in [-0.1, -0.05) is 18.2 Å². The molecule has 26 heavy (non-hydrogen) atoms. The van der Waals surface area contributed by atoms with E-state index in [9.17, 15) is 10.1 Å². The number of nitrogens with one attached hydrogen (secondary N) is 1. The lowest BCUT2D eigenvalue weighted by Crippen LogP contribution is -2.44. The van der Waals surface area contributed by atoms with E-state index in [2.05, 4.69) is 16.3 Å². The fraction of sp³-hybridized carbons (Fsp3) is 0.400. The number of rotatable bonds is 4. The molecule has 1 amide bonds. The van der Waals surface area contributed by atoms with Crippen LogP contribution in [0.3, 0.4) is 0 Å². The summed E-state index contributed by atoms with van der Waals surface area (Å²) in [5, 5.41) is 12.6. The van der Waals surface area contributed by atoms with Crippen molar-refractivity contribution in [3.63, 3.8) is 0 Å². The number of amides is 1. The molecule has 2 heterocycles. The highest BCUT2D eigenvalue weighted by Gasteiger charge is 2.23. The van der Waals surface area contributed by atoms with E-state index in [-0.39, 0.29) is 18.6 Å². The van der Waals surface area contributed by atoms with Gasteiger partial charge < -0.3 is 10.1 Å². The molecule has 1 atom stereocenters. The van der Waals surface area contributed by atoms with Gasteiger partial charge in [0.15, 0.2) is 0 Å². The maximum Gasteiger partial charge on any atom is 0.239 e. The van der Waals surface area contributed by atoms with Crippen LogP contribution in [-0.2, 0) is 9.53 Å². The highest BCUT2D eigenvalue weighted by atomic mass is 16.5. The second kappa shape index (κ2) is 7.73. The molecule has 0 bridgehead atoms. The van der Waals surface area contributed by atoms with Crippen molar-refractivity contribution in [2.24, 2.45) is 0 Å². The minimum atomic E-state index is -0.120. The maximum absolute atomic E-state index is 12.6. The quantitative estimate of drug-likeness (QED) is 0.918. The summed E-state index contributed by atoms with van der Waals surface area (Å²) in [6, 6.07) is 12.0. The number of nitrogens with zero attached hydrogens (tertiary/aromatic N) is 3. The highest BCUT2D eigenvalue weighted by molar-refractivity contribution is 5.93. The van der Waals surface area contributed by atoms with E-state index in [1.54, 1.807) is 0 Å². The normalized spacial score (nSPS) is 17.7. The predicted molar refractivity (Wildman–Crippen MR) is 100 cm³/mol. The number of aromatic nitrogens is 1. The Bertz CT molecular complexity index is 836. The Kier molecular flexibility index (Phi) is 5.40. The van der Waals surface area contributed by atoms with E-state index in [0.29, 0.717) is 18.0 Å². The van der Waals surface area contributed by atoms with E-state index in [0.717, 1.165) is 30.0 Å². The molecule has 6 nitrogen and oxygen atoms in total. The van der Waals surface area contributed by atoms with Crippen LogP contribution >= 0.6 is 0 Å². The second-order valence-corrected chi connectivity index (χ2v) is 6.68. The molecule has 136 valence electrons. The molecule has 1 aromatic heterocycles. The molecule has 6 heteroatoms. The molecule has 1 aliphatic rings. The number of hydrogen-bond acceptors (Lipinski definition) is 4. The molecule has 0 aliphatic carbocycles. The van der Waals surface area contributed by atoms with Crippen LogP contribution in [0, 0.1) is 25.2 Å². The van der Waals surface area contributed by atoms with Crippen LogP contribution in [0.5, 0.6) is 0 Å². The van der Waals surface area contributed by atoms with Gasteiger partial charge in [-0.15, -0.1) is 0 Å². The third-order valence-electron chi connectivity index (χ3n) is 4.79. The number of ether oxygens (including phenoxy) is 1. The van der Waals surface area contributed by atoms with Crippen molar-refractivity contribution >= 4 is 11.7 Å². The predicted octanol–water partition coefficient (Wildman–Crippen LogP) is 2.63. The fourth-order valence-corrected chi connectivity index (χ4v) is 3.37. The summed E-state index contributed by atoms with van der Waals surface area (Å²) in [4.78, 5) is 14.7. The number of morpholine rings is 1. The Hall–Kier alpha value is -2.62. The van der Waals surface area contributed by atoms with Gasteiger partial charge in [0.2, 0.25) is 5.91 Å². The first-order valence-electron chi connectivity index (χ1n) is 8.82. The molecule has 1 fully saturated rings. The molecule has 2 aromatic rings. The molecular formula is C20H24N4O2. The number of carbonyl (C=O) groups is 1. The Morgan fingerprint density at radius 3 is 2.73 bits per heavy atom. The summed E-state index contributed by atoms with van der Waals surface area (Å²) < 4.78 is 7.46. The minimum Gasteiger partial charge on any atom is -0.376 e. The minimum absolute atomic E-state index is 0.120. The zero-order chi connectivity index (χ0) is 18.7. The van der Waals surface area contributed by atoms with Crippen molar-refractivity contribution in [1.29, 1.82) is 5.26 Å². The van der Waals surface area contributed by atoms with Gasteiger partial charge >= 0.3 is 0 Å². The average Bonchev–Trinajstić information content (AvgIpc) is 2.85. The lowest BCUT2D eigenvalue weighted by molar-refractivity contribution is -0.119. The van der Waals surface area contributed by atoms with Crippen LogP contribution in [0.2, 0.25) is 0 Å². The van der Waals surface area contributed by atoms with Gasteiger partial charge in [-0.2, -0.15) is 5.26 Å². The average molecular weight is 352 g/mol. The summed E-state index contributed by atoms with van der Waals surface area (Å²) in [6.07, 6.45) is 0.129. The van der Waals surface area contributed by atoms with E-state index in [1.807, 2.05) is 55.7 Å². The highest BCUT2D eigenvalue weighted by Crippen LogP contribution is 2.29. The summed E-state index contributed by atoms with van der Waals surface area (Å²) in [7, 11) is 0. The van der Waals surface area contributed by atoms with Gasteiger partial charge in [-0.3, -0.25) is 14.3 Å². The van der Waals surface area contributed by atoms with Crippen LogP contribution in [-0.4, -0.2) is 47.7 Å². The van der Waals surface area contributed by atoms with E-state index in [4.69, 9.17) is 4.74 Å². The fourth-order valence-electron chi connectivity index (χ4n) is 3.37. The first kappa shape index (κ1) is 18.2. The van der Waals surface area contributed by atoms with Crippen molar-refractivity contribution in [3.8, 4) is 11.8 Å². The molecule has 1 aliphatic heterocycles. The van der Waals surface area contributed by atoms with E-state index in [1.165, 1.54) is 0 Å². The Morgan fingerprint density at radius 1 is 1.35 bits per heavy atom.